The van der Waals surface area contributed by atoms with Crippen LogP contribution in [0, 0.1) is 71.0 Å². The summed E-state index contributed by atoms with van der Waals surface area (Å²) in [6, 6.07) is 65.2. The third-order valence-electron chi connectivity index (χ3n) is 30.9. The monoisotopic (exact) mass is 1780 g/mol. The van der Waals surface area contributed by atoms with Gasteiger partial charge in [0.25, 0.3) is 0 Å². The number of aliphatic hydroxyl groups is 6. The molecule has 0 spiro atoms. The molecule has 6 atom stereocenters. The topological polar surface area (TPSA) is 296 Å². The fourth-order valence-electron chi connectivity index (χ4n) is 22.0. The summed E-state index contributed by atoms with van der Waals surface area (Å²) in [7, 11) is 0. The summed E-state index contributed by atoms with van der Waals surface area (Å²) in [6.45, 7) is 0. The molecule has 18 rings (SSSR count). The van der Waals surface area contributed by atoms with Gasteiger partial charge in [-0.1, -0.05) is 182 Å². The SMILES string of the molecule is O=C(CC1CC(Cc2ccccc2)C1)NC1CCC(O)CC1.O=C(CC1CC1CCc1ccccc1)NC1CCC(O)CC1.O=C(NC1CCC(O)CC1)C1CC(CCc2ccccc2)C1.O=C(NC1CCC(O)CC1)C1CC(Cc2ccccc2)C1.O=C(NC1CCC(O)CC1)C1CC1CCCc1ccccc1.O=C(NC1CCC(O)CC1)C1CC1CCc1ccccc1. The Hall–Kier alpha value is -8.10. The van der Waals surface area contributed by atoms with E-state index in [-0.39, 0.29) is 120 Å². The molecule has 0 saturated heterocycles. The number of carbonyl (C=O) groups excluding carboxylic acids is 6. The van der Waals surface area contributed by atoms with Gasteiger partial charge in [0.05, 0.1) is 36.6 Å². The first-order chi connectivity index (χ1) is 63.2. The molecule has 708 valence electrons. The summed E-state index contributed by atoms with van der Waals surface area (Å²) < 4.78 is 0. The Morgan fingerprint density at radius 3 is 0.846 bits per heavy atom. The molecule has 12 N–H and O–H groups in total. The quantitative estimate of drug-likeness (QED) is 0.0193. The average molecular weight is 1780 g/mol. The van der Waals surface area contributed by atoms with Crippen molar-refractivity contribution in [1.82, 2.24) is 31.9 Å². The maximum absolute atomic E-state index is 12.2. The molecule has 12 fully saturated rings. The number of aryl methyl sites for hydroxylation is 4. The molecule has 130 heavy (non-hydrogen) atoms. The minimum absolute atomic E-state index is 0.153. The standard InChI is InChI=1S/4C19H27NO2.2C18H25NO2/c21-17-11-9-16(10-12-17)20-19(22)18-13-15(18)8-4-7-14-5-2-1-3-6-14;21-18-8-6-17(7-9-18)20-19(22)13-16-11-15(12-16)10-14-4-2-1-3-5-14;21-18-10-8-17(9-11-18)20-19(22)13-16-12-15(16)7-6-14-4-2-1-3-5-14;21-18-10-8-17(9-11-18)20-19(22)16-12-15(13-16)7-6-14-4-2-1-3-5-14;20-17-8-6-16(7-9-17)19-18(21)15-11-14(12-15)10-13-4-2-1-3-5-13;20-16-10-8-15(9-11-16)19-18(21)17-12-14(17)7-6-13-4-2-1-3-5-13/h1-3,5-6,15-18,21H,4,7-13H2,(H,20,22);3*1-5,15-18,21H,6-13H2,(H,20,22);2*1-5,14-17,20H,6-12H2,(H,19,21). The van der Waals surface area contributed by atoms with Gasteiger partial charge in [0.15, 0.2) is 0 Å². The second-order valence-electron chi connectivity index (χ2n) is 41.7. The minimum atomic E-state index is -0.155. The van der Waals surface area contributed by atoms with Crippen LogP contribution in [0.5, 0.6) is 0 Å². The van der Waals surface area contributed by atoms with Gasteiger partial charge < -0.3 is 62.5 Å². The van der Waals surface area contributed by atoms with Gasteiger partial charge >= 0.3 is 0 Å². The lowest BCUT2D eigenvalue weighted by atomic mass is 9.70. The molecule has 12 aliphatic rings. The Morgan fingerprint density at radius 2 is 0.500 bits per heavy atom. The van der Waals surface area contributed by atoms with Crippen molar-refractivity contribution in [2.24, 2.45) is 71.0 Å². The minimum Gasteiger partial charge on any atom is -0.393 e. The van der Waals surface area contributed by atoms with E-state index in [0.29, 0.717) is 60.4 Å². The zero-order valence-electron chi connectivity index (χ0n) is 77.8. The predicted molar refractivity (Wildman–Crippen MR) is 515 cm³/mol. The first kappa shape index (κ1) is 99.4. The van der Waals surface area contributed by atoms with Crippen LogP contribution < -0.4 is 31.9 Å². The highest BCUT2D eigenvalue weighted by molar-refractivity contribution is 5.83. The van der Waals surface area contributed by atoms with Gasteiger partial charge in [0, 0.05) is 72.8 Å². The van der Waals surface area contributed by atoms with Gasteiger partial charge in [-0.3, -0.25) is 28.8 Å². The number of hydrogen-bond acceptors (Lipinski definition) is 12. The molecule has 12 saturated carbocycles. The van der Waals surface area contributed by atoms with Crippen LogP contribution in [-0.2, 0) is 67.3 Å². The van der Waals surface area contributed by atoms with Crippen molar-refractivity contribution in [2.75, 3.05) is 0 Å². The number of benzene rings is 6. The summed E-state index contributed by atoms with van der Waals surface area (Å²) in [5.41, 5.74) is 8.35. The Kier molecular flexibility index (Phi) is 40.2. The third-order valence-corrected chi connectivity index (χ3v) is 30.9. The van der Waals surface area contributed by atoms with Gasteiger partial charge in [-0.2, -0.15) is 0 Å². The summed E-state index contributed by atoms with van der Waals surface area (Å²) in [6.07, 6.45) is 43.9. The smallest absolute Gasteiger partial charge is 0.223 e. The highest BCUT2D eigenvalue weighted by atomic mass is 16.3. The zero-order chi connectivity index (χ0) is 90.8. The molecule has 0 bridgehead atoms. The Bertz CT molecular complexity index is 4090. The van der Waals surface area contributed by atoms with Crippen LogP contribution in [0.3, 0.4) is 0 Å². The molecule has 6 aromatic rings. The fourth-order valence-corrected chi connectivity index (χ4v) is 22.0. The van der Waals surface area contributed by atoms with Crippen LogP contribution in [0.4, 0.5) is 0 Å². The summed E-state index contributed by atoms with van der Waals surface area (Å²) in [5, 5.41) is 76.0. The predicted octanol–water partition coefficient (Wildman–Crippen LogP) is 17.6. The summed E-state index contributed by atoms with van der Waals surface area (Å²) in [5.74, 6) is 7.54. The molecule has 12 aliphatic carbocycles. The number of nitrogens with one attached hydrogen (secondary N) is 6. The molecular formula is C112H158N6O12. The Morgan fingerprint density at radius 1 is 0.231 bits per heavy atom. The summed E-state index contributed by atoms with van der Waals surface area (Å²) in [4.78, 5) is 73.0. The second-order valence-corrected chi connectivity index (χ2v) is 41.7. The molecule has 18 heteroatoms. The maximum Gasteiger partial charge on any atom is 0.223 e. The van der Waals surface area contributed by atoms with Crippen LogP contribution in [0.15, 0.2) is 182 Å². The van der Waals surface area contributed by atoms with Crippen LogP contribution >= 0.6 is 0 Å². The normalized spacial score (nSPS) is 31.3. The van der Waals surface area contributed by atoms with E-state index in [9.17, 15) is 59.4 Å². The molecule has 0 heterocycles. The molecule has 0 aliphatic heterocycles. The third kappa shape index (κ3) is 35.4. The number of amides is 6. The van der Waals surface area contributed by atoms with Crippen LogP contribution in [-0.4, -0.2) is 139 Å². The van der Waals surface area contributed by atoms with Gasteiger partial charge in [0.1, 0.15) is 0 Å². The van der Waals surface area contributed by atoms with E-state index in [0.717, 1.165) is 256 Å². The van der Waals surface area contributed by atoms with Crippen LogP contribution in [0.2, 0.25) is 0 Å². The van der Waals surface area contributed by atoms with E-state index in [1.54, 1.807) is 0 Å². The largest absolute Gasteiger partial charge is 0.393 e. The first-order valence-corrected chi connectivity index (χ1v) is 51.4. The average Bonchev–Trinajstić information content (AvgIpc) is 1.66. The van der Waals surface area contributed by atoms with Crippen LogP contribution in [0.25, 0.3) is 0 Å². The molecule has 0 radical (unpaired) electrons. The molecule has 6 amide bonds. The van der Waals surface area contributed by atoms with Crippen molar-refractivity contribution >= 4 is 35.4 Å². The number of hydrogen-bond donors (Lipinski definition) is 12. The van der Waals surface area contributed by atoms with Gasteiger partial charge in [-0.15, -0.1) is 0 Å². The van der Waals surface area contributed by atoms with Gasteiger partial charge in [-0.25, -0.2) is 0 Å². The number of rotatable bonds is 31. The van der Waals surface area contributed by atoms with E-state index in [4.69, 9.17) is 0 Å². The number of aliphatic hydroxyl groups excluding tert-OH is 6. The fraction of sp³-hybridized carbons (Fsp3) is 0.625. The van der Waals surface area contributed by atoms with Gasteiger partial charge in [-0.05, 0) is 363 Å². The van der Waals surface area contributed by atoms with Crippen LogP contribution in [0.1, 0.15) is 290 Å². The maximum atomic E-state index is 12.2. The zero-order valence-corrected chi connectivity index (χ0v) is 77.8. The molecular weight excluding hydrogens is 1620 g/mol. The Balaban J connectivity index is 0.000000133. The highest BCUT2D eigenvalue weighted by Crippen LogP contribution is 2.47. The van der Waals surface area contributed by atoms with E-state index >= 15 is 0 Å². The lowest BCUT2D eigenvalue weighted by Crippen LogP contribution is -2.45. The second kappa shape index (κ2) is 52.5. The molecule has 6 unspecified atom stereocenters. The van der Waals surface area contributed by atoms with Crippen molar-refractivity contribution in [3.05, 3.63) is 215 Å². The lowest BCUT2D eigenvalue weighted by molar-refractivity contribution is -0.131. The van der Waals surface area contributed by atoms with Gasteiger partial charge in [0.2, 0.25) is 35.4 Å². The van der Waals surface area contributed by atoms with Crippen molar-refractivity contribution in [3.63, 3.8) is 0 Å². The summed E-state index contributed by atoms with van der Waals surface area (Å²) >= 11 is 0. The first-order valence-electron chi connectivity index (χ1n) is 51.4. The van der Waals surface area contributed by atoms with E-state index in [1.165, 1.54) is 71.9 Å². The Labute approximate surface area is 776 Å². The van der Waals surface area contributed by atoms with Crippen molar-refractivity contribution in [2.45, 2.75) is 368 Å². The van der Waals surface area contributed by atoms with Crippen molar-refractivity contribution in [3.8, 4) is 0 Å². The van der Waals surface area contributed by atoms with Crippen molar-refractivity contribution in [1.29, 1.82) is 0 Å². The molecule has 0 aromatic heterocycles. The molecule has 6 aromatic carbocycles. The number of carbonyl (C=O) groups is 6. The van der Waals surface area contributed by atoms with E-state index < -0.39 is 0 Å². The van der Waals surface area contributed by atoms with E-state index in [2.05, 4.69) is 202 Å². The van der Waals surface area contributed by atoms with Crippen molar-refractivity contribution < 1.29 is 59.4 Å². The lowest BCUT2D eigenvalue weighted by Gasteiger charge is -2.36. The highest BCUT2D eigenvalue weighted by Gasteiger charge is 2.45. The van der Waals surface area contributed by atoms with E-state index in [1.807, 2.05) is 12.1 Å². The molecule has 18 nitrogen and oxygen atoms in total.